The summed E-state index contributed by atoms with van der Waals surface area (Å²) >= 11 is 4.34. The van der Waals surface area contributed by atoms with Crippen LogP contribution in [0.1, 0.15) is 11.1 Å². The minimum Gasteiger partial charge on any atom is -0.480 e. The van der Waals surface area contributed by atoms with Crippen LogP contribution in [0.4, 0.5) is 0 Å². The zero-order chi connectivity index (χ0) is 18.5. The highest BCUT2D eigenvalue weighted by Crippen LogP contribution is 2.19. The van der Waals surface area contributed by atoms with E-state index in [0.717, 1.165) is 22.0 Å². The van der Waals surface area contributed by atoms with Crippen LogP contribution in [0.5, 0.6) is 0 Å². The molecule has 0 aliphatic carbocycles. The predicted molar refractivity (Wildman–Crippen MR) is 104 cm³/mol. The molecule has 1 heterocycles. The van der Waals surface area contributed by atoms with Crippen LogP contribution in [0, 0.1) is 0 Å². The van der Waals surface area contributed by atoms with E-state index in [2.05, 4.69) is 22.9 Å². The van der Waals surface area contributed by atoms with Gasteiger partial charge in [-0.1, -0.05) is 48.5 Å². The number of carboxylic acids is 1. The van der Waals surface area contributed by atoms with Crippen molar-refractivity contribution in [2.24, 2.45) is 0 Å². The summed E-state index contributed by atoms with van der Waals surface area (Å²) < 4.78 is 0. The van der Waals surface area contributed by atoms with E-state index in [1.54, 1.807) is 6.20 Å². The first-order valence-corrected chi connectivity index (χ1v) is 8.86. The molecule has 0 saturated heterocycles. The van der Waals surface area contributed by atoms with Gasteiger partial charge in [-0.3, -0.25) is 4.79 Å². The molecule has 3 aromatic rings. The van der Waals surface area contributed by atoms with Gasteiger partial charge in [-0.05, 0) is 23.6 Å². The maximum Gasteiger partial charge on any atom is 0.326 e. The molecule has 0 aliphatic rings. The van der Waals surface area contributed by atoms with Crippen molar-refractivity contribution in [2.75, 3.05) is 0 Å². The Morgan fingerprint density at radius 1 is 1.04 bits per heavy atom. The Morgan fingerprint density at radius 3 is 2.46 bits per heavy atom. The number of carboxylic acid groups (broad SMARTS) is 1. The van der Waals surface area contributed by atoms with Crippen molar-refractivity contribution in [3.63, 3.8) is 0 Å². The van der Waals surface area contributed by atoms with Gasteiger partial charge in [0.05, 0.1) is 5.25 Å². The molecule has 2 atom stereocenters. The minimum absolute atomic E-state index is 0.205. The van der Waals surface area contributed by atoms with Crippen LogP contribution in [0.15, 0.2) is 60.8 Å². The molecule has 0 saturated carbocycles. The van der Waals surface area contributed by atoms with Gasteiger partial charge in [-0.25, -0.2) is 4.79 Å². The normalized spacial score (nSPS) is 13.3. The Balaban J connectivity index is 1.68. The van der Waals surface area contributed by atoms with Crippen LogP contribution >= 0.6 is 12.6 Å². The number of aromatic nitrogens is 1. The van der Waals surface area contributed by atoms with Crippen LogP contribution in [-0.2, 0) is 22.4 Å². The minimum atomic E-state index is -1.07. The van der Waals surface area contributed by atoms with Gasteiger partial charge in [0.25, 0.3) is 0 Å². The summed E-state index contributed by atoms with van der Waals surface area (Å²) in [6, 6.07) is 16.2. The fourth-order valence-electron chi connectivity index (χ4n) is 2.92. The molecule has 26 heavy (non-hydrogen) atoms. The number of nitrogens with one attached hydrogen (secondary N) is 2. The number of para-hydroxylation sites is 1. The lowest BCUT2D eigenvalue weighted by Crippen LogP contribution is -2.45. The van der Waals surface area contributed by atoms with Gasteiger partial charge < -0.3 is 15.4 Å². The van der Waals surface area contributed by atoms with Gasteiger partial charge in [0.15, 0.2) is 0 Å². The maximum atomic E-state index is 12.4. The highest BCUT2D eigenvalue weighted by molar-refractivity contribution is 7.81. The van der Waals surface area contributed by atoms with E-state index >= 15 is 0 Å². The first-order chi connectivity index (χ1) is 12.5. The number of hydrogen-bond acceptors (Lipinski definition) is 3. The van der Waals surface area contributed by atoms with Crippen LogP contribution in [-0.4, -0.2) is 33.3 Å². The zero-order valence-corrected chi connectivity index (χ0v) is 14.9. The quantitative estimate of drug-likeness (QED) is 0.484. The van der Waals surface area contributed by atoms with Gasteiger partial charge >= 0.3 is 5.97 Å². The summed E-state index contributed by atoms with van der Waals surface area (Å²) in [6.45, 7) is 0. The highest BCUT2D eigenvalue weighted by atomic mass is 32.1. The molecule has 0 fully saturated rings. The number of hydrogen-bond donors (Lipinski definition) is 4. The van der Waals surface area contributed by atoms with E-state index in [4.69, 9.17) is 0 Å². The Hall–Kier alpha value is -2.73. The molecule has 0 unspecified atom stereocenters. The number of fused-ring (bicyclic) bond motifs is 1. The Bertz CT molecular complexity index is 908. The summed E-state index contributed by atoms with van der Waals surface area (Å²) in [5.74, 6) is -1.45. The standard InChI is InChI=1S/C20H20N2O3S/c23-19(18(26)10-13-6-2-1-3-7-13)22-17(20(24)25)11-14-12-21-16-9-5-4-8-15(14)16/h1-9,12,17-18,21,26H,10-11H2,(H,22,23)(H,24,25)/t17-,18+/m0/s1. The molecule has 0 aliphatic heterocycles. The molecule has 3 N–H and O–H groups in total. The first kappa shape index (κ1) is 18.1. The highest BCUT2D eigenvalue weighted by Gasteiger charge is 2.24. The van der Waals surface area contributed by atoms with E-state index in [9.17, 15) is 14.7 Å². The number of H-pyrrole nitrogens is 1. The molecule has 6 heteroatoms. The third-order valence-electron chi connectivity index (χ3n) is 4.29. The molecule has 0 radical (unpaired) electrons. The smallest absolute Gasteiger partial charge is 0.326 e. The Labute approximate surface area is 156 Å². The molecule has 1 aromatic heterocycles. The number of rotatable bonds is 7. The first-order valence-electron chi connectivity index (χ1n) is 8.35. The van der Waals surface area contributed by atoms with Crippen molar-refractivity contribution < 1.29 is 14.7 Å². The summed E-state index contributed by atoms with van der Waals surface area (Å²) in [4.78, 5) is 27.1. The molecule has 0 bridgehead atoms. The van der Waals surface area contributed by atoms with Crippen molar-refractivity contribution in [3.8, 4) is 0 Å². The average molecular weight is 368 g/mol. The maximum absolute atomic E-state index is 12.4. The molecule has 0 spiro atoms. The number of aliphatic carboxylic acids is 1. The largest absolute Gasteiger partial charge is 0.480 e. The second-order valence-electron chi connectivity index (χ2n) is 6.17. The van der Waals surface area contributed by atoms with Crippen LogP contribution in [0.3, 0.4) is 0 Å². The number of carbonyl (C=O) groups is 2. The Morgan fingerprint density at radius 2 is 1.73 bits per heavy atom. The van der Waals surface area contributed by atoms with Gasteiger partial charge in [0, 0.05) is 23.5 Å². The zero-order valence-electron chi connectivity index (χ0n) is 14.1. The number of aromatic amines is 1. The van der Waals surface area contributed by atoms with Crippen molar-refractivity contribution in [1.82, 2.24) is 10.3 Å². The summed E-state index contributed by atoms with van der Waals surface area (Å²) in [5, 5.41) is 12.5. The van der Waals surface area contributed by atoms with Gasteiger partial charge in [-0.15, -0.1) is 0 Å². The lowest BCUT2D eigenvalue weighted by molar-refractivity contribution is -0.141. The Kier molecular flexibility index (Phi) is 5.63. The molecule has 2 aromatic carbocycles. The number of benzene rings is 2. The van der Waals surface area contributed by atoms with E-state index in [1.807, 2.05) is 54.6 Å². The molecule has 5 nitrogen and oxygen atoms in total. The molecule has 3 rings (SSSR count). The average Bonchev–Trinajstić information content (AvgIpc) is 3.05. The number of amides is 1. The van der Waals surface area contributed by atoms with Gasteiger partial charge in [0.1, 0.15) is 6.04 Å². The summed E-state index contributed by atoms with van der Waals surface area (Å²) in [7, 11) is 0. The van der Waals surface area contributed by atoms with E-state index in [1.165, 1.54) is 0 Å². The van der Waals surface area contributed by atoms with E-state index in [-0.39, 0.29) is 12.3 Å². The number of thiol groups is 1. The van der Waals surface area contributed by atoms with Crippen LogP contribution < -0.4 is 5.32 Å². The van der Waals surface area contributed by atoms with E-state index in [0.29, 0.717) is 6.42 Å². The SMILES string of the molecule is O=C(N[C@@H](Cc1c[nH]c2ccccc12)C(=O)O)[C@H](S)Cc1ccccc1. The number of carbonyl (C=O) groups excluding carboxylic acids is 1. The monoisotopic (exact) mass is 368 g/mol. The fourth-order valence-corrected chi connectivity index (χ4v) is 3.20. The van der Waals surface area contributed by atoms with Crippen LogP contribution in [0.25, 0.3) is 10.9 Å². The van der Waals surface area contributed by atoms with Crippen molar-refractivity contribution >= 4 is 35.4 Å². The van der Waals surface area contributed by atoms with Crippen molar-refractivity contribution in [3.05, 3.63) is 71.9 Å². The van der Waals surface area contributed by atoms with Gasteiger partial charge in [-0.2, -0.15) is 12.6 Å². The third kappa shape index (κ3) is 4.26. The summed E-state index contributed by atoms with van der Waals surface area (Å²) in [6.07, 6.45) is 2.43. The topological polar surface area (TPSA) is 82.2 Å². The van der Waals surface area contributed by atoms with Crippen molar-refractivity contribution in [2.45, 2.75) is 24.1 Å². The lowest BCUT2D eigenvalue weighted by atomic mass is 10.0. The van der Waals surface area contributed by atoms with E-state index < -0.39 is 17.3 Å². The molecular formula is C20H20N2O3S. The third-order valence-corrected chi connectivity index (χ3v) is 4.71. The molecular weight excluding hydrogens is 348 g/mol. The lowest BCUT2D eigenvalue weighted by Gasteiger charge is -2.17. The summed E-state index contributed by atoms with van der Waals surface area (Å²) in [5.41, 5.74) is 2.77. The fraction of sp³-hybridized carbons (Fsp3) is 0.200. The predicted octanol–water partition coefficient (Wildman–Crippen LogP) is 2.82. The van der Waals surface area contributed by atoms with Gasteiger partial charge in [0.2, 0.25) is 5.91 Å². The second-order valence-corrected chi connectivity index (χ2v) is 6.79. The second kappa shape index (κ2) is 8.10. The molecule has 1 amide bonds. The van der Waals surface area contributed by atoms with Crippen LogP contribution in [0.2, 0.25) is 0 Å². The molecule has 134 valence electrons. The van der Waals surface area contributed by atoms with Crippen molar-refractivity contribution in [1.29, 1.82) is 0 Å².